The number of rotatable bonds is 9. The van der Waals surface area contributed by atoms with Crippen molar-refractivity contribution < 1.29 is 4.79 Å². The molecule has 0 bridgehead atoms. The molecule has 9 nitrogen and oxygen atoms in total. The highest BCUT2D eigenvalue weighted by Crippen LogP contribution is 2.32. The van der Waals surface area contributed by atoms with Crippen LogP contribution in [0.15, 0.2) is 40.4 Å². The first-order valence-corrected chi connectivity index (χ1v) is 13.1. The van der Waals surface area contributed by atoms with E-state index >= 15 is 0 Å². The molecule has 1 saturated heterocycles. The molecule has 5 rings (SSSR count). The zero-order valence-electron chi connectivity index (χ0n) is 20.5. The van der Waals surface area contributed by atoms with Gasteiger partial charge in [-0.1, -0.05) is 26.0 Å². The molecule has 0 spiro atoms. The molecule has 2 aromatic heterocycles. The number of benzene rings is 1. The van der Waals surface area contributed by atoms with Gasteiger partial charge < -0.3 is 15.1 Å². The Hall–Kier alpha value is -2.98. The second-order valence-electron chi connectivity index (χ2n) is 9.68. The molecular formula is C25H32N8OS. The Morgan fingerprint density at radius 3 is 2.51 bits per heavy atom. The van der Waals surface area contributed by atoms with Gasteiger partial charge in [0.25, 0.3) is 0 Å². The molecule has 35 heavy (non-hydrogen) atoms. The summed E-state index contributed by atoms with van der Waals surface area (Å²) in [5.41, 5.74) is 2.11. The zero-order valence-corrected chi connectivity index (χ0v) is 21.3. The third kappa shape index (κ3) is 6.18. The molecule has 0 radical (unpaired) electrons. The Bertz CT molecular complexity index is 1170. The van der Waals surface area contributed by atoms with E-state index in [1.54, 1.807) is 0 Å². The van der Waals surface area contributed by atoms with E-state index in [4.69, 9.17) is 9.97 Å². The number of hydrogen-bond acceptors (Lipinski definition) is 9. The van der Waals surface area contributed by atoms with Gasteiger partial charge in [0.05, 0.1) is 0 Å². The summed E-state index contributed by atoms with van der Waals surface area (Å²) in [5, 5.41) is 11.3. The zero-order chi connectivity index (χ0) is 24.4. The van der Waals surface area contributed by atoms with Crippen molar-refractivity contribution in [3.63, 3.8) is 0 Å². The van der Waals surface area contributed by atoms with Gasteiger partial charge in [-0.3, -0.25) is 9.89 Å². The fourth-order valence-corrected chi connectivity index (χ4v) is 4.68. The highest BCUT2D eigenvalue weighted by Gasteiger charge is 2.29. The molecule has 2 N–H and O–H groups in total. The fourth-order valence-electron chi connectivity index (χ4n) is 3.94. The molecule has 1 aliphatic carbocycles. The predicted molar refractivity (Wildman–Crippen MR) is 137 cm³/mol. The predicted octanol–water partition coefficient (Wildman–Crippen LogP) is 3.89. The second kappa shape index (κ2) is 10.3. The summed E-state index contributed by atoms with van der Waals surface area (Å²) in [4.78, 5) is 31.8. The molecule has 2 aliphatic rings. The number of piperazine rings is 1. The molecule has 1 saturated carbocycles. The quantitative estimate of drug-likeness (QED) is 0.460. The van der Waals surface area contributed by atoms with Crippen molar-refractivity contribution in [1.29, 1.82) is 0 Å². The van der Waals surface area contributed by atoms with E-state index in [-0.39, 0.29) is 0 Å². The van der Waals surface area contributed by atoms with Crippen LogP contribution in [0.4, 0.5) is 17.7 Å². The number of ketones is 1. The van der Waals surface area contributed by atoms with Crippen molar-refractivity contribution >= 4 is 35.3 Å². The van der Waals surface area contributed by atoms with Crippen LogP contribution in [0.3, 0.4) is 0 Å². The van der Waals surface area contributed by atoms with Crippen LogP contribution in [0.2, 0.25) is 0 Å². The first-order chi connectivity index (χ1) is 16.9. The molecule has 1 aliphatic heterocycles. The van der Waals surface area contributed by atoms with Crippen LogP contribution >= 0.6 is 11.8 Å². The van der Waals surface area contributed by atoms with E-state index in [9.17, 15) is 4.79 Å². The first kappa shape index (κ1) is 23.7. The Kier molecular flexibility index (Phi) is 7.01. The largest absolute Gasteiger partial charge is 0.338 e. The summed E-state index contributed by atoms with van der Waals surface area (Å²) in [6, 6.07) is 10.1. The summed E-state index contributed by atoms with van der Waals surface area (Å²) >= 11 is 1.49. The molecule has 0 amide bonds. The summed E-state index contributed by atoms with van der Waals surface area (Å²) in [5.74, 6) is 2.83. The average molecular weight is 493 g/mol. The maximum absolute atomic E-state index is 12.1. The third-order valence-corrected chi connectivity index (χ3v) is 7.27. The lowest BCUT2D eigenvalue weighted by Crippen LogP contribution is -2.45. The summed E-state index contributed by atoms with van der Waals surface area (Å²) in [6.45, 7) is 7.91. The number of carbonyl (C=O) groups excluding carboxylic acids is 1. The standard InChI is InChI=1S/C25H32N8OS/c1-16(2)20-15-22(31-30-20)26-23-27-24(33-12-10-32(3)11-13-33)29-25(28-23)35-19-8-4-17(5-9-19)14-21(34)18-6-7-18/h4-5,8-9,15-16,18H,6-7,10-14H2,1-3H3,(H2,26,27,28,29,30,31). The number of hydrogen-bond donors (Lipinski definition) is 2. The topological polar surface area (TPSA) is 103 Å². The molecule has 184 valence electrons. The number of aromatic amines is 1. The van der Waals surface area contributed by atoms with Crippen LogP contribution in [0.25, 0.3) is 0 Å². The van der Waals surface area contributed by atoms with Crippen LogP contribution in [0.5, 0.6) is 0 Å². The minimum absolute atomic E-state index is 0.291. The highest BCUT2D eigenvalue weighted by atomic mass is 32.2. The van der Waals surface area contributed by atoms with Gasteiger partial charge in [0, 0.05) is 55.2 Å². The summed E-state index contributed by atoms with van der Waals surface area (Å²) in [7, 11) is 2.13. The van der Waals surface area contributed by atoms with Crippen LogP contribution in [0.1, 0.15) is 43.9 Å². The van der Waals surface area contributed by atoms with E-state index in [1.165, 1.54) is 11.8 Å². The lowest BCUT2D eigenvalue weighted by Gasteiger charge is -2.32. The minimum atomic E-state index is 0.291. The Balaban J connectivity index is 1.35. The van der Waals surface area contributed by atoms with Gasteiger partial charge in [0.2, 0.25) is 11.9 Å². The van der Waals surface area contributed by atoms with Gasteiger partial charge in [-0.25, -0.2) is 0 Å². The first-order valence-electron chi connectivity index (χ1n) is 12.2. The monoisotopic (exact) mass is 492 g/mol. The minimum Gasteiger partial charge on any atom is -0.338 e. The van der Waals surface area contributed by atoms with Crippen LogP contribution in [-0.2, 0) is 11.2 Å². The van der Waals surface area contributed by atoms with Crippen molar-refractivity contribution in [2.24, 2.45) is 5.92 Å². The maximum atomic E-state index is 12.1. The lowest BCUT2D eigenvalue weighted by molar-refractivity contribution is -0.119. The van der Waals surface area contributed by atoms with E-state index in [1.807, 2.05) is 30.3 Å². The molecule has 10 heteroatoms. The van der Waals surface area contributed by atoms with Gasteiger partial charge in [-0.05, 0) is 55.3 Å². The third-order valence-electron chi connectivity index (χ3n) is 6.39. The van der Waals surface area contributed by atoms with Crippen LogP contribution in [0, 0.1) is 5.92 Å². The number of likely N-dealkylation sites (N-methyl/N-ethyl adjacent to an activating group) is 1. The van der Waals surface area contributed by atoms with Crippen molar-refractivity contribution in [2.75, 3.05) is 43.4 Å². The number of H-pyrrole nitrogens is 1. The van der Waals surface area contributed by atoms with Gasteiger partial charge in [0.1, 0.15) is 5.78 Å². The Morgan fingerprint density at radius 2 is 1.86 bits per heavy atom. The van der Waals surface area contributed by atoms with E-state index in [2.05, 4.69) is 51.2 Å². The highest BCUT2D eigenvalue weighted by molar-refractivity contribution is 7.99. The maximum Gasteiger partial charge on any atom is 0.234 e. The lowest BCUT2D eigenvalue weighted by atomic mass is 10.1. The van der Waals surface area contributed by atoms with Gasteiger partial charge in [-0.15, -0.1) is 0 Å². The molecular weight excluding hydrogens is 460 g/mol. The number of nitrogens with one attached hydrogen (secondary N) is 2. The summed E-state index contributed by atoms with van der Waals surface area (Å²) in [6.07, 6.45) is 2.62. The molecule has 0 unspecified atom stereocenters. The SMILES string of the molecule is CC(C)c1cc(Nc2nc(Sc3ccc(CC(=O)C4CC4)cc3)nc(N3CCN(C)CC3)n2)n[nH]1. The second-order valence-corrected chi connectivity index (χ2v) is 10.7. The molecule has 1 aromatic carbocycles. The fraction of sp³-hybridized carbons (Fsp3) is 0.480. The van der Waals surface area contributed by atoms with E-state index in [0.29, 0.717) is 46.9 Å². The van der Waals surface area contributed by atoms with Crippen LogP contribution in [-0.4, -0.2) is 69.1 Å². The molecule has 3 aromatic rings. The Morgan fingerprint density at radius 1 is 1.11 bits per heavy atom. The molecule has 0 atom stereocenters. The number of Topliss-reactive ketones (excluding diaryl/α,β-unsaturated/α-hetero) is 1. The van der Waals surface area contributed by atoms with E-state index in [0.717, 1.165) is 55.2 Å². The number of aromatic nitrogens is 5. The van der Waals surface area contributed by atoms with E-state index < -0.39 is 0 Å². The number of anilines is 3. The van der Waals surface area contributed by atoms with Crippen molar-refractivity contribution in [1.82, 2.24) is 30.0 Å². The Labute approximate surface area is 210 Å². The van der Waals surface area contributed by atoms with Crippen molar-refractivity contribution in [3.05, 3.63) is 41.6 Å². The average Bonchev–Trinajstić information content (AvgIpc) is 3.59. The van der Waals surface area contributed by atoms with Gasteiger partial charge >= 0.3 is 0 Å². The number of nitrogens with zero attached hydrogens (tertiary/aromatic N) is 6. The van der Waals surface area contributed by atoms with Gasteiger partial charge in [0.15, 0.2) is 11.0 Å². The summed E-state index contributed by atoms with van der Waals surface area (Å²) < 4.78 is 0. The van der Waals surface area contributed by atoms with Crippen LogP contribution < -0.4 is 10.2 Å². The van der Waals surface area contributed by atoms with Crippen molar-refractivity contribution in [2.45, 2.75) is 49.1 Å². The number of carbonyl (C=O) groups is 1. The normalized spacial score (nSPS) is 16.6. The van der Waals surface area contributed by atoms with Crippen molar-refractivity contribution in [3.8, 4) is 0 Å². The van der Waals surface area contributed by atoms with Gasteiger partial charge in [-0.2, -0.15) is 20.1 Å². The molecule has 3 heterocycles. The molecule has 2 fully saturated rings. The smallest absolute Gasteiger partial charge is 0.234 e.